The molecular weight excluding hydrogens is 288 g/mol. The van der Waals surface area contributed by atoms with E-state index in [0.29, 0.717) is 0 Å². The molecule has 0 fully saturated rings. The SMILES string of the molecule is CCCNc1cc(CC)nc2c(Br)ccc(C)c12. The Morgan fingerprint density at radius 1 is 1.28 bits per heavy atom. The highest BCUT2D eigenvalue weighted by atomic mass is 79.9. The van der Waals surface area contributed by atoms with E-state index in [0.717, 1.165) is 35.1 Å². The van der Waals surface area contributed by atoms with E-state index >= 15 is 0 Å². The van der Waals surface area contributed by atoms with E-state index < -0.39 is 0 Å². The molecule has 0 amide bonds. The molecule has 0 atom stereocenters. The predicted molar refractivity (Wildman–Crippen MR) is 82.3 cm³/mol. The Morgan fingerprint density at radius 2 is 2.06 bits per heavy atom. The summed E-state index contributed by atoms with van der Waals surface area (Å²) in [7, 11) is 0. The molecule has 0 radical (unpaired) electrons. The molecule has 0 unspecified atom stereocenters. The van der Waals surface area contributed by atoms with Gasteiger partial charge in [0.05, 0.1) is 5.52 Å². The van der Waals surface area contributed by atoms with E-state index in [4.69, 9.17) is 4.98 Å². The minimum absolute atomic E-state index is 0.955. The molecule has 0 aliphatic heterocycles. The van der Waals surface area contributed by atoms with Crippen molar-refractivity contribution < 1.29 is 0 Å². The van der Waals surface area contributed by atoms with Crippen LogP contribution in [0.15, 0.2) is 22.7 Å². The Balaban J connectivity index is 2.68. The maximum Gasteiger partial charge on any atom is 0.0870 e. The number of nitrogens with one attached hydrogen (secondary N) is 1. The van der Waals surface area contributed by atoms with Crippen molar-refractivity contribution in [2.24, 2.45) is 0 Å². The summed E-state index contributed by atoms with van der Waals surface area (Å²) in [4.78, 5) is 4.74. The Bertz CT molecular complexity index is 564. The summed E-state index contributed by atoms with van der Waals surface area (Å²) in [5.74, 6) is 0. The van der Waals surface area contributed by atoms with Crippen LogP contribution in [0.4, 0.5) is 5.69 Å². The van der Waals surface area contributed by atoms with Crippen molar-refractivity contribution >= 4 is 32.5 Å². The van der Waals surface area contributed by atoms with Crippen molar-refractivity contribution in [3.8, 4) is 0 Å². The van der Waals surface area contributed by atoms with Gasteiger partial charge in [-0.1, -0.05) is 19.9 Å². The van der Waals surface area contributed by atoms with E-state index in [9.17, 15) is 0 Å². The molecule has 3 heteroatoms. The van der Waals surface area contributed by atoms with Gasteiger partial charge < -0.3 is 5.32 Å². The molecule has 1 heterocycles. The van der Waals surface area contributed by atoms with Crippen LogP contribution >= 0.6 is 15.9 Å². The maximum atomic E-state index is 4.74. The van der Waals surface area contributed by atoms with Crippen LogP contribution in [0, 0.1) is 6.92 Å². The molecule has 1 aromatic heterocycles. The Labute approximate surface area is 117 Å². The summed E-state index contributed by atoms with van der Waals surface area (Å²) >= 11 is 3.61. The summed E-state index contributed by atoms with van der Waals surface area (Å²) in [5, 5.41) is 4.75. The molecule has 0 saturated carbocycles. The second kappa shape index (κ2) is 5.70. The van der Waals surface area contributed by atoms with Crippen LogP contribution < -0.4 is 5.32 Å². The first-order chi connectivity index (χ1) is 8.67. The molecule has 0 saturated heterocycles. The monoisotopic (exact) mass is 306 g/mol. The number of hydrogen-bond acceptors (Lipinski definition) is 2. The average molecular weight is 307 g/mol. The van der Waals surface area contributed by atoms with Gasteiger partial charge in [0.15, 0.2) is 0 Å². The van der Waals surface area contributed by atoms with Gasteiger partial charge in [0.2, 0.25) is 0 Å². The number of rotatable bonds is 4. The van der Waals surface area contributed by atoms with Gasteiger partial charge in [0.25, 0.3) is 0 Å². The number of anilines is 1. The van der Waals surface area contributed by atoms with Gasteiger partial charge in [-0.25, -0.2) is 0 Å². The number of halogens is 1. The summed E-state index contributed by atoms with van der Waals surface area (Å²) in [6, 6.07) is 6.39. The second-order valence-corrected chi connectivity index (χ2v) is 5.38. The maximum absolute atomic E-state index is 4.74. The zero-order valence-corrected chi connectivity index (χ0v) is 12.8. The van der Waals surface area contributed by atoms with Gasteiger partial charge in [-0.3, -0.25) is 4.98 Å². The van der Waals surface area contributed by atoms with E-state index in [1.165, 1.54) is 16.6 Å². The molecule has 2 aromatic rings. The number of aryl methyl sites for hydroxylation is 2. The van der Waals surface area contributed by atoms with Crippen molar-refractivity contribution in [2.45, 2.75) is 33.6 Å². The number of fused-ring (bicyclic) bond motifs is 1. The fourth-order valence-electron chi connectivity index (χ4n) is 2.11. The van der Waals surface area contributed by atoms with Crippen molar-refractivity contribution in [2.75, 3.05) is 11.9 Å². The van der Waals surface area contributed by atoms with Crippen molar-refractivity contribution in [3.05, 3.63) is 33.9 Å². The lowest BCUT2D eigenvalue weighted by Crippen LogP contribution is -2.03. The molecular formula is C15H19BrN2. The lowest BCUT2D eigenvalue weighted by Gasteiger charge is -2.13. The summed E-state index contributed by atoms with van der Waals surface area (Å²) in [6.45, 7) is 7.45. The van der Waals surface area contributed by atoms with Crippen LogP contribution in [0.1, 0.15) is 31.5 Å². The first-order valence-corrected chi connectivity index (χ1v) is 7.29. The first kappa shape index (κ1) is 13.3. The minimum Gasteiger partial charge on any atom is -0.384 e. The third kappa shape index (κ3) is 2.51. The first-order valence-electron chi connectivity index (χ1n) is 6.50. The van der Waals surface area contributed by atoms with Crippen LogP contribution in [-0.2, 0) is 6.42 Å². The third-order valence-corrected chi connectivity index (χ3v) is 3.74. The normalized spacial score (nSPS) is 10.9. The number of hydrogen-bond donors (Lipinski definition) is 1. The Hall–Kier alpha value is -1.09. The number of benzene rings is 1. The van der Waals surface area contributed by atoms with Gasteiger partial charge >= 0.3 is 0 Å². The highest BCUT2D eigenvalue weighted by Crippen LogP contribution is 2.31. The second-order valence-electron chi connectivity index (χ2n) is 4.53. The number of nitrogens with zero attached hydrogens (tertiary/aromatic N) is 1. The van der Waals surface area contributed by atoms with Crippen LogP contribution in [0.3, 0.4) is 0 Å². The molecule has 2 rings (SSSR count). The quantitative estimate of drug-likeness (QED) is 0.886. The van der Waals surface area contributed by atoms with Gasteiger partial charge in [-0.05, 0) is 53.4 Å². The lowest BCUT2D eigenvalue weighted by atomic mass is 10.1. The smallest absolute Gasteiger partial charge is 0.0870 e. The number of pyridine rings is 1. The van der Waals surface area contributed by atoms with Crippen molar-refractivity contribution in [1.29, 1.82) is 0 Å². The Kier molecular flexibility index (Phi) is 4.23. The summed E-state index contributed by atoms with van der Waals surface area (Å²) in [5.41, 5.74) is 4.67. The number of aromatic nitrogens is 1. The van der Waals surface area contributed by atoms with E-state index in [2.05, 4.69) is 60.2 Å². The fraction of sp³-hybridized carbons (Fsp3) is 0.400. The van der Waals surface area contributed by atoms with E-state index in [1.807, 2.05) is 0 Å². The van der Waals surface area contributed by atoms with Crippen LogP contribution in [-0.4, -0.2) is 11.5 Å². The van der Waals surface area contributed by atoms with E-state index in [1.54, 1.807) is 0 Å². The lowest BCUT2D eigenvalue weighted by molar-refractivity contribution is 0.977. The topological polar surface area (TPSA) is 24.9 Å². The van der Waals surface area contributed by atoms with Crippen molar-refractivity contribution in [3.63, 3.8) is 0 Å². The van der Waals surface area contributed by atoms with Gasteiger partial charge in [-0.2, -0.15) is 0 Å². The minimum atomic E-state index is 0.955. The summed E-state index contributed by atoms with van der Waals surface area (Å²) < 4.78 is 1.07. The highest BCUT2D eigenvalue weighted by molar-refractivity contribution is 9.10. The van der Waals surface area contributed by atoms with E-state index in [-0.39, 0.29) is 0 Å². The highest BCUT2D eigenvalue weighted by Gasteiger charge is 2.10. The molecule has 0 aliphatic carbocycles. The fourth-order valence-corrected chi connectivity index (χ4v) is 2.53. The summed E-state index contributed by atoms with van der Waals surface area (Å²) in [6.07, 6.45) is 2.08. The van der Waals surface area contributed by atoms with Gasteiger partial charge in [0, 0.05) is 27.8 Å². The molecule has 1 aromatic carbocycles. The molecule has 2 nitrogen and oxygen atoms in total. The Morgan fingerprint density at radius 3 is 2.72 bits per heavy atom. The zero-order chi connectivity index (χ0) is 13.1. The van der Waals surface area contributed by atoms with Crippen LogP contribution in [0.5, 0.6) is 0 Å². The van der Waals surface area contributed by atoms with Crippen LogP contribution in [0.25, 0.3) is 10.9 Å². The largest absolute Gasteiger partial charge is 0.384 e. The molecule has 18 heavy (non-hydrogen) atoms. The molecule has 96 valence electrons. The van der Waals surface area contributed by atoms with Crippen LogP contribution in [0.2, 0.25) is 0 Å². The predicted octanol–water partition coefficient (Wildman–Crippen LogP) is 4.69. The standard InChI is InChI=1S/C15H19BrN2/c1-4-8-17-13-9-11(5-2)18-15-12(16)7-6-10(3)14(13)15/h6-7,9H,4-5,8H2,1-3H3,(H,17,18). The molecule has 0 bridgehead atoms. The molecule has 1 N–H and O–H groups in total. The molecule has 0 spiro atoms. The third-order valence-electron chi connectivity index (χ3n) is 3.10. The van der Waals surface area contributed by atoms with Gasteiger partial charge in [0.1, 0.15) is 0 Å². The average Bonchev–Trinajstić information content (AvgIpc) is 2.39. The van der Waals surface area contributed by atoms with Crippen molar-refractivity contribution in [1.82, 2.24) is 4.98 Å². The molecule has 0 aliphatic rings. The zero-order valence-electron chi connectivity index (χ0n) is 11.2. The van der Waals surface area contributed by atoms with Gasteiger partial charge in [-0.15, -0.1) is 0 Å².